The van der Waals surface area contributed by atoms with Crippen LogP contribution >= 0.6 is 22.7 Å². The summed E-state index contributed by atoms with van der Waals surface area (Å²) in [5, 5.41) is 2.44. The summed E-state index contributed by atoms with van der Waals surface area (Å²) in [7, 11) is -3.66. The molecular weight excluding hydrogens is 304 g/mol. The van der Waals surface area contributed by atoms with Crippen LogP contribution in [-0.4, -0.2) is 18.4 Å². The number of nitrogens with zero attached hydrogens (tertiary/aromatic N) is 2. The van der Waals surface area contributed by atoms with Crippen LogP contribution in [0.5, 0.6) is 0 Å². The Hall–Kier alpha value is -1.19. The first-order valence-corrected chi connectivity index (χ1v) is 8.68. The van der Waals surface area contributed by atoms with Gasteiger partial charge in [-0.15, -0.1) is 11.3 Å². The summed E-state index contributed by atoms with van der Waals surface area (Å²) in [5.74, 6) is 0.260. The first-order chi connectivity index (χ1) is 8.79. The minimum Gasteiger partial charge on any atom is -0.375 e. The largest absolute Gasteiger partial charge is 0.375 e. The monoisotopic (exact) mass is 318 g/mol. The molecule has 0 bridgehead atoms. The predicted molar refractivity (Wildman–Crippen MR) is 78.3 cm³/mol. The topological polar surface area (TPSA) is 98.0 Å². The molecule has 0 aliphatic heterocycles. The molecule has 104 valence electrons. The van der Waals surface area contributed by atoms with Crippen LogP contribution in [0, 0.1) is 6.92 Å². The van der Waals surface area contributed by atoms with Gasteiger partial charge in [-0.3, -0.25) is 4.72 Å². The molecule has 0 radical (unpaired) electrons. The molecule has 9 heteroatoms. The Labute approximate surface area is 119 Å². The Kier molecular flexibility index (Phi) is 3.79. The van der Waals surface area contributed by atoms with Crippen molar-refractivity contribution in [1.82, 2.24) is 9.97 Å². The third-order valence-electron chi connectivity index (χ3n) is 2.35. The van der Waals surface area contributed by atoms with Gasteiger partial charge in [-0.05, 0) is 12.8 Å². The Balaban J connectivity index is 2.28. The van der Waals surface area contributed by atoms with Crippen LogP contribution in [0.25, 0.3) is 0 Å². The van der Waals surface area contributed by atoms with Gasteiger partial charge in [0.25, 0.3) is 10.0 Å². The standard InChI is InChI=1S/C10H14N4O2S3/c1-5(2)7-4-17-10(13-7)14-19(15,16)8-6(3)12-9(11)18-8/h4-5H,1-3H3,(H2,11,12)(H,13,14). The van der Waals surface area contributed by atoms with Crippen LogP contribution in [0.3, 0.4) is 0 Å². The van der Waals surface area contributed by atoms with Gasteiger partial charge in [-0.1, -0.05) is 25.2 Å². The maximum absolute atomic E-state index is 12.2. The van der Waals surface area contributed by atoms with Crippen molar-refractivity contribution < 1.29 is 8.42 Å². The Bertz CT molecular complexity index is 687. The summed E-state index contributed by atoms with van der Waals surface area (Å²) in [5.41, 5.74) is 6.78. The molecule has 2 heterocycles. The Morgan fingerprint density at radius 2 is 2.05 bits per heavy atom. The summed E-state index contributed by atoms with van der Waals surface area (Å²) in [6.07, 6.45) is 0. The Morgan fingerprint density at radius 1 is 1.37 bits per heavy atom. The first kappa shape index (κ1) is 14.2. The number of nitrogens with one attached hydrogen (secondary N) is 1. The lowest BCUT2D eigenvalue weighted by atomic mass is 10.2. The van der Waals surface area contributed by atoms with Gasteiger partial charge in [0.15, 0.2) is 14.5 Å². The molecule has 0 fully saturated rings. The molecule has 0 aliphatic rings. The lowest BCUT2D eigenvalue weighted by Crippen LogP contribution is -2.12. The minimum absolute atomic E-state index is 0.131. The third-order valence-corrected chi connectivity index (χ3v) is 6.19. The summed E-state index contributed by atoms with van der Waals surface area (Å²) in [4.78, 5) is 8.15. The van der Waals surface area contributed by atoms with E-state index in [-0.39, 0.29) is 15.3 Å². The zero-order valence-electron chi connectivity index (χ0n) is 10.7. The summed E-state index contributed by atoms with van der Waals surface area (Å²) < 4.78 is 27.0. The number of sulfonamides is 1. The van der Waals surface area contributed by atoms with Gasteiger partial charge in [0.2, 0.25) is 0 Å². The lowest BCUT2D eigenvalue weighted by Gasteiger charge is -2.03. The van der Waals surface area contributed by atoms with Gasteiger partial charge in [0.1, 0.15) is 0 Å². The van der Waals surface area contributed by atoms with E-state index >= 15 is 0 Å². The zero-order valence-corrected chi connectivity index (χ0v) is 13.1. The second-order valence-electron chi connectivity index (χ2n) is 4.26. The van der Waals surface area contributed by atoms with Crippen molar-refractivity contribution in [3.63, 3.8) is 0 Å². The molecule has 2 rings (SSSR count). The molecule has 0 aliphatic carbocycles. The molecule has 3 N–H and O–H groups in total. The molecule has 2 aromatic heterocycles. The summed E-state index contributed by atoms with van der Waals surface area (Å²) in [6, 6.07) is 0. The molecule has 0 saturated heterocycles. The highest BCUT2D eigenvalue weighted by Crippen LogP contribution is 2.28. The molecule has 19 heavy (non-hydrogen) atoms. The predicted octanol–water partition coefficient (Wildman–Crippen LogP) is 2.41. The van der Waals surface area contributed by atoms with Crippen LogP contribution in [0.1, 0.15) is 31.2 Å². The normalized spacial score (nSPS) is 12.0. The van der Waals surface area contributed by atoms with E-state index in [0.29, 0.717) is 10.8 Å². The van der Waals surface area contributed by atoms with E-state index in [9.17, 15) is 8.42 Å². The van der Waals surface area contributed by atoms with Crippen LogP contribution in [-0.2, 0) is 10.0 Å². The number of nitrogens with two attached hydrogens (primary N) is 1. The minimum atomic E-state index is -3.66. The SMILES string of the molecule is Cc1nc(N)sc1S(=O)(=O)Nc1nc(C(C)C)cs1. The van der Waals surface area contributed by atoms with Crippen molar-refractivity contribution >= 4 is 43.0 Å². The fourth-order valence-corrected chi connectivity index (χ4v) is 4.84. The molecule has 0 spiro atoms. The number of aromatic nitrogens is 2. The number of nitrogen functional groups attached to an aromatic ring is 1. The fraction of sp³-hybridized carbons (Fsp3) is 0.400. The van der Waals surface area contributed by atoms with Crippen LogP contribution < -0.4 is 10.5 Å². The molecule has 6 nitrogen and oxygen atoms in total. The number of hydrogen-bond acceptors (Lipinski definition) is 7. The number of aryl methyl sites for hydroxylation is 1. The molecule has 0 amide bonds. The second-order valence-corrected chi connectivity index (χ2v) is 8.03. The van der Waals surface area contributed by atoms with E-state index in [2.05, 4.69) is 14.7 Å². The van der Waals surface area contributed by atoms with Crippen molar-refractivity contribution in [1.29, 1.82) is 0 Å². The highest BCUT2D eigenvalue weighted by Gasteiger charge is 2.22. The van der Waals surface area contributed by atoms with Crippen molar-refractivity contribution in [3.8, 4) is 0 Å². The summed E-state index contributed by atoms with van der Waals surface area (Å²) in [6.45, 7) is 5.62. The molecule has 0 unspecified atom stereocenters. The molecule has 2 aromatic rings. The van der Waals surface area contributed by atoms with Gasteiger partial charge >= 0.3 is 0 Å². The number of hydrogen-bond donors (Lipinski definition) is 2. The number of rotatable bonds is 4. The quantitative estimate of drug-likeness (QED) is 0.902. The number of anilines is 2. The lowest BCUT2D eigenvalue weighted by molar-refractivity contribution is 0.602. The third kappa shape index (κ3) is 3.04. The van der Waals surface area contributed by atoms with Gasteiger partial charge in [-0.25, -0.2) is 18.4 Å². The Morgan fingerprint density at radius 3 is 2.53 bits per heavy atom. The van der Waals surface area contributed by atoms with Crippen LogP contribution in [0.2, 0.25) is 0 Å². The molecule has 0 aromatic carbocycles. The average molecular weight is 318 g/mol. The van der Waals surface area contributed by atoms with E-state index in [0.717, 1.165) is 17.0 Å². The molecular formula is C10H14N4O2S3. The molecule has 0 atom stereocenters. The van der Waals surface area contributed by atoms with Gasteiger partial charge < -0.3 is 5.73 Å². The van der Waals surface area contributed by atoms with Crippen molar-refractivity contribution in [3.05, 3.63) is 16.8 Å². The highest BCUT2D eigenvalue weighted by atomic mass is 32.2. The van der Waals surface area contributed by atoms with Gasteiger partial charge in [-0.2, -0.15) is 0 Å². The van der Waals surface area contributed by atoms with Crippen molar-refractivity contribution in [2.24, 2.45) is 0 Å². The first-order valence-electron chi connectivity index (χ1n) is 5.50. The van der Waals surface area contributed by atoms with Crippen molar-refractivity contribution in [2.45, 2.75) is 30.9 Å². The maximum Gasteiger partial charge on any atom is 0.275 e. The smallest absolute Gasteiger partial charge is 0.275 e. The molecule has 0 saturated carbocycles. The second kappa shape index (κ2) is 5.06. The van der Waals surface area contributed by atoms with E-state index in [4.69, 9.17) is 5.73 Å². The fourth-order valence-electron chi connectivity index (χ4n) is 1.41. The van der Waals surface area contributed by atoms with E-state index in [1.54, 1.807) is 6.92 Å². The van der Waals surface area contributed by atoms with Crippen LogP contribution in [0.4, 0.5) is 10.3 Å². The van der Waals surface area contributed by atoms with Crippen molar-refractivity contribution in [2.75, 3.05) is 10.5 Å². The zero-order chi connectivity index (χ0) is 14.2. The van der Waals surface area contributed by atoms with E-state index < -0.39 is 10.0 Å². The maximum atomic E-state index is 12.2. The van der Waals surface area contributed by atoms with Gasteiger partial charge in [0, 0.05) is 5.38 Å². The highest BCUT2D eigenvalue weighted by molar-refractivity contribution is 7.95. The summed E-state index contributed by atoms with van der Waals surface area (Å²) >= 11 is 2.21. The average Bonchev–Trinajstić information content (AvgIpc) is 2.85. The van der Waals surface area contributed by atoms with Crippen LogP contribution in [0.15, 0.2) is 9.59 Å². The van der Waals surface area contributed by atoms with E-state index in [1.807, 2.05) is 19.2 Å². The number of thiazole rings is 2. The van der Waals surface area contributed by atoms with Gasteiger partial charge in [0.05, 0.1) is 11.4 Å². The van der Waals surface area contributed by atoms with E-state index in [1.165, 1.54) is 11.3 Å².